The molecule has 0 amide bonds. The quantitative estimate of drug-likeness (QED) is 0.794. The van der Waals surface area contributed by atoms with Gasteiger partial charge in [-0.3, -0.25) is 4.79 Å². The average Bonchev–Trinajstić information content (AvgIpc) is 2.67. The summed E-state index contributed by atoms with van der Waals surface area (Å²) < 4.78 is 5.19. The number of benzene rings is 1. The van der Waals surface area contributed by atoms with E-state index in [2.05, 4.69) is 4.98 Å². The van der Waals surface area contributed by atoms with Crippen LogP contribution in [0.15, 0.2) is 18.2 Å². The minimum Gasteiger partial charge on any atom is -0.497 e. The van der Waals surface area contributed by atoms with E-state index in [9.17, 15) is 4.79 Å². The van der Waals surface area contributed by atoms with E-state index in [1.165, 1.54) is 0 Å². The van der Waals surface area contributed by atoms with Gasteiger partial charge in [0.25, 0.3) is 0 Å². The van der Waals surface area contributed by atoms with Gasteiger partial charge in [-0.2, -0.15) is 0 Å². The minimum absolute atomic E-state index is 0.251. The molecule has 3 heteroatoms. The van der Waals surface area contributed by atoms with Crippen molar-refractivity contribution in [1.29, 1.82) is 0 Å². The van der Waals surface area contributed by atoms with E-state index < -0.39 is 0 Å². The number of aromatic nitrogens is 1. The van der Waals surface area contributed by atoms with Crippen LogP contribution in [0.3, 0.4) is 0 Å². The number of aromatic amines is 1. The molecule has 2 aromatic rings. The average molecular weight is 215 g/mol. The number of nitrogens with one attached hydrogen (secondary N) is 1. The van der Waals surface area contributed by atoms with Crippen LogP contribution < -0.4 is 4.74 Å². The molecule has 3 nitrogen and oxygen atoms in total. The van der Waals surface area contributed by atoms with Crippen LogP contribution in [0.2, 0.25) is 0 Å². The van der Waals surface area contributed by atoms with Crippen LogP contribution in [0.5, 0.6) is 5.75 Å². The van der Waals surface area contributed by atoms with Gasteiger partial charge in [0.2, 0.25) is 0 Å². The SMILES string of the molecule is COc1ccc2[nH]c3c(c2c1)C(=O)CCC3. The van der Waals surface area contributed by atoms with Crippen molar-refractivity contribution in [3.63, 3.8) is 0 Å². The third kappa shape index (κ3) is 1.24. The number of H-pyrrole nitrogens is 1. The highest BCUT2D eigenvalue weighted by Gasteiger charge is 2.22. The molecule has 0 atom stereocenters. The van der Waals surface area contributed by atoms with Gasteiger partial charge in [-0.05, 0) is 31.0 Å². The lowest BCUT2D eigenvalue weighted by atomic mass is 9.94. The number of hydrogen-bond donors (Lipinski definition) is 1. The maximum atomic E-state index is 11.9. The topological polar surface area (TPSA) is 42.1 Å². The fourth-order valence-electron chi connectivity index (χ4n) is 2.41. The molecule has 1 heterocycles. The lowest BCUT2D eigenvalue weighted by Gasteiger charge is -2.09. The van der Waals surface area contributed by atoms with Gasteiger partial charge in [-0.25, -0.2) is 0 Å². The fourth-order valence-corrected chi connectivity index (χ4v) is 2.41. The van der Waals surface area contributed by atoms with Gasteiger partial charge in [0, 0.05) is 28.6 Å². The molecule has 1 aromatic heterocycles. The highest BCUT2D eigenvalue weighted by atomic mass is 16.5. The van der Waals surface area contributed by atoms with Gasteiger partial charge in [0.05, 0.1) is 7.11 Å². The molecule has 0 fully saturated rings. The van der Waals surface area contributed by atoms with E-state index in [1.807, 2.05) is 18.2 Å². The largest absolute Gasteiger partial charge is 0.497 e. The van der Waals surface area contributed by atoms with Crippen LogP contribution in [0.25, 0.3) is 10.9 Å². The Morgan fingerprint density at radius 2 is 2.19 bits per heavy atom. The zero-order valence-electron chi connectivity index (χ0n) is 9.17. The molecule has 82 valence electrons. The van der Waals surface area contributed by atoms with Gasteiger partial charge in [0.15, 0.2) is 5.78 Å². The van der Waals surface area contributed by atoms with Crippen LogP contribution in [0, 0.1) is 0 Å². The van der Waals surface area contributed by atoms with Crippen molar-refractivity contribution in [2.24, 2.45) is 0 Å². The summed E-state index contributed by atoms with van der Waals surface area (Å²) in [7, 11) is 1.64. The number of carbonyl (C=O) groups is 1. The second kappa shape index (κ2) is 3.37. The number of ether oxygens (including phenoxy) is 1. The maximum Gasteiger partial charge on any atom is 0.165 e. The van der Waals surface area contributed by atoms with Crippen molar-refractivity contribution in [2.75, 3.05) is 7.11 Å². The summed E-state index contributed by atoms with van der Waals surface area (Å²) in [6.45, 7) is 0. The number of rotatable bonds is 1. The van der Waals surface area contributed by atoms with Crippen molar-refractivity contribution >= 4 is 16.7 Å². The van der Waals surface area contributed by atoms with Gasteiger partial charge in [-0.1, -0.05) is 0 Å². The fraction of sp³-hybridized carbons (Fsp3) is 0.308. The van der Waals surface area contributed by atoms with Crippen molar-refractivity contribution in [2.45, 2.75) is 19.3 Å². The second-order valence-corrected chi connectivity index (χ2v) is 4.17. The predicted molar refractivity (Wildman–Crippen MR) is 62.1 cm³/mol. The summed E-state index contributed by atoms with van der Waals surface area (Å²) in [5, 5.41) is 0.999. The molecule has 1 N–H and O–H groups in total. The number of carbonyl (C=O) groups excluding carboxylic acids is 1. The van der Waals surface area contributed by atoms with Gasteiger partial charge < -0.3 is 9.72 Å². The number of Topliss-reactive ketones (excluding diaryl/α,β-unsaturated/α-hetero) is 1. The normalized spacial score (nSPS) is 15.2. The van der Waals surface area contributed by atoms with E-state index in [4.69, 9.17) is 4.74 Å². The Kier molecular flexibility index (Phi) is 1.99. The van der Waals surface area contributed by atoms with E-state index >= 15 is 0 Å². The second-order valence-electron chi connectivity index (χ2n) is 4.17. The third-order valence-corrected chi connectivity index (χ3v) is 3.19. The zero-order valence-corrected chi connectivity index (χ0v) is 9.17. The lowest BCUT2D eigenvalue weighted by molar-refractivity contribution is 0.0974. The van der Waals surface area contributed by atoms with E-state index in [0.29, 0.717) is 6.42 Å². The molecule has 0 radical (unpaired) electrons. The summed E-state index contributed by atoms with van der Waals surface area (Å²) in [6.07, 6.45) is 2.59. The molecule has 0 saturated carbocycles. The first-order chi connectivity index (χ1) is 7.79. The summed E-state index contributed by atoms with van der Waals surface area (Å²) >= 11 is 0. The number of hydrogen-bond acceptors (Lipinski definition) is 2. The molecule has 0 aliphatic heterocycles. The van der Waals surface area contributed by atoms with Crippen LogP contribution >= 0.6 is 0 Å². The first-order valence-electron chi connectivity index (χ1n) is 5.51. The van der Waals surface area contributed by atoms with Gasteiger partial charge in [-0.15, -0.1) is 0 Å². The van der Waals surface area contributed by atoms with Crippen molar-refractivity contribution in [3.05, 3.63) is 29.5 Å². The Bertz CT molecular complexity index is 569. The molecule has 0 spiro atoms. The summed E-state index contributed by atoms with van der Waals surface area (Å²) in [5.74, 6) is 1.05. The van der Waals surface area contributed by atoms with Crippen molar-refractivity contribution < 1.29 is 9.53 Å². The van der Waals surface area contributed by atoms with Crippen molar-refractivity contribution in [3.8, 4) is 5.75 Å². The first-order valence-corrected chi connectivity index (χ1v) is 5.51. The van der Waals surface area contributed by atoms with Gasteiger partial charge >= 0.3 is 0 Å². The zero-order chi connectivity index (χ0) is 11.1. The lowest BCUT2D eigenvalue weighted by Crippen LogP contribution is -2.08. The Hall–Kier alpha value is -1.77. The number of fused-ring (bicyclic) bond motifs is 3. The van der Waals surface area contributed by atoms with E-state index in [0.717, 1.165) is 40.8 Å². The molecule has 1 aliphatic carbocycles. The first kappa shape index (κ1) is 9.46. The van der Waals surface area contributed by atoms with E-state index in [1.54, 1.807) is 7.11 Å². The predicted octanol–water partition coefficient (Wildman–Crippen LogP) is 2.70. The van der Waals surface area contributed by atoms with Crippen molar-refractivity contribution in [1.82, 2.24) is 4.98 Å². The Morgan fingerprint density at radius 1 is 1.31 bits per heavy atom. The highest BCUT2D eigenvalue weighted by molar-refractivity contribution is 6.10. The molecular formula is C13H13NO2. The monoisotopic (exact) mass is 215 g/mol. The smallest absolute Gasteiger partial charge is 0.165 e. The van der Waals surface area contributed by atoms with Crippen LogP contribution in [-0.4, -0.2) is 17.9 Å². The Morgan fingerprint density at radius 3 is 3.00 bits per heavy atom. The minimum atomic E-state index is 0.251. The molecule has 0 saturated heterocycles. The highest BCUT2D eigenvalue weighted by Crippen LogP contribution is 2.31. The molecule has 1 aromatic carbocycles. The van der Waals surface area contributed by atoms with Crippen LogP contribution in [0.1, 0.15) is 28.9 Å². The molecule has 0 unspecified atom stereocenters. The molecule has 0 bridgehead atoms. The third-order valence-electron chi connectivity index (χ3n) is 3.19. The number of aryl methyl sites for hydroxylation is 1. The molecule has 3 rings (SSSR count). The Labute approximate surface area is 93.4 Å². The molecule has 1 aliphatic rings. The Balaban J connectivity index is 2.31. The molecule has 16 heavy (non-hydrogen) atoms. The van der Waals surface area contributed by atoms with E-state index in [-0.39, 0.29) is 5.78 Å². The van der Waals surface area contributed by atoms with Crippen LogP contribution in [0.4, 0.5) is 0 Å². The summed E-state index contributed by atoms with van der Waals surface area (Å²) in [4.78, 5) is 15.2. The van der Waals surface area contributed by atoms with Gasteiger partial charge in [0.1, 0.15) is 5.75 Å². The standard InChI is InChI=1S/C13H13NO2/c1-16-8-5-6-10-9(7-8)13-11(14-10)3-2-4-12(13)15/h5-7,14H,2-4H2,1H3. The van der Waals surface area contributed by atoms with Crippen LogP contribution in [-0.2, 0) is 6.42 Å². The summed E-state index contributed by atoms with van der Waals surface area (Å²) in [5.41, 5.74) is 2.99. The summed E-state index contributed by atoms with van der Waals surface area (Å²) in [6, 6.07) is 5.82. The molecular weight excluding hydrogens is 202 g/mol. The maximum absolute atomic E-state index is 11.9. The number of ketones is 1. The number of methoxy groups -OCH3 is 1.